The fraction of sp³-hybridized carbons (Fsp3) is 0.250. The van der Waals surface area contributed by atoms with Gasteiger partial charge in [0.25, 0.3) is 0 Å². The summed E-state index contributed by atoms with van der Waals surface area (Å²) in [7, 11) is 0. The summed E-state index contributed by atoms with van der Waals surface area (Å²) >= 11 is 2.85. The molecule has 0 fully saturated rings. The van der Waals surface area contributed by atoms with Gasteiger partial charge in [-0.05, 0) is 0 Å². The number of H-pyrrole nitrogens is 1. The molecule has 17 heavy (non-hydrogen) atoms. The van der Waals surface area contributed by atoms with Crippen LogP contribution in [0.15, 0.2) is 10.9 Å². The predicted molar refractivity (Wildman–Crippen MR) is 53.3 cm³/mol. The van der Waals surface area contributed by atoms with Gasteiger partial charge >= 0.3 is 12.3 Å². The number of ether oxygens (including phenoxy) is 1. The molecular formula is C8H5BrF3NO4. The van der Waals surface area contributed by atoms with Gasteiger partial charge in [0.15, 0.2) is 5.43 Å². The number of pyridine rings is 1. The van der Waals surface area contributed by atoms with Gasteiger partial charge in [-0.25, -0.2) is 4.79 Å². The molecule has 5 nitrogen and oxygen atoms in total. The van der Waals surface area contributed by atoms with E-state index in [4.69, 9.17) is 5.11 Å². The highest BCUT2D eigenvalue weighted by Crippen LogP contribution is 2.21. The summed E-state index contributed by atoms with van der Waals surface area (Å²) in [4.78, 5) is 24.0. The van der Waals surface area contributed by atoms with Gasteiger partial charge in [0.2, 0.25) is 5.88 Å². The molecule has 0 spiro atoms. The van der Waals surface area contributed by atoms with Crippen LogP contribution >= 0.6 is 15.9 Å². The summed E-state index contributed by atoms with van der Waals surface area (Å²) in [5, 5.41) is 8.57. The van der Waals surface area contributed by atoms with Crippen LogP contribution in [0, 0.1) is 0 Å². The van der Waals surface area contributed by atoms with Crippen molar-refractivity contribution < 1.29 is 27.8 Å². The third-order valence-corrected chi connectivity index (χ3v) is 2.22. The predicted octanol–water partition coefficient (Wildman–Crippen LogP) is 1.87. The van der Waals surface area contributed by atoms with Crippen LogP contribution in [0.2, 0.25) is 0 Å². The number of aromatic amines is 1. The fourth-order valence-electron chi connectivity index (χ4n) is 1.10. The first-order chi connectivity index (χ1) is 7.74. The van der Waals surface area contributed by atoms with E-state index in [1.807, 2.05) is 0 Å². The van der Waals surface area contributed by atoms with Crippen molar-refractivity contribution in [3.05, 3.63) is 27.5 Å². The van der Waals surface area contributed by atoms with Gasteiger partial charge in [-0.1, -0.05) is 15.9 Å². The molecule has 0 saturated carbocycles. The molecule has 0 unspecified atom stereocenters. The molecule has 1 aromatic rings. The molecular weight excluding hydrogens is 311 g/mol. The van der Waals surface area contributed by atoms with Crippen molar-refractivity contribution in [2.45, 2.75) is 11.7 Å². The summed E-state index contributed by atoms with van der Waals surface area (Å²) in [5.41, 5.74) is -1.90. The van der Waals surface area contributed by atoms with Crippen LogP contribution in [0.25, 0.3) is 0 Å². The second kappa shape index (κ2) is 4.78. The zero-order valence-electron chi connectivity index (χ0n) is 7.97. The molecule has 0 aliphatic rings. The third-order valence-electron chi connectivity index (χ3n) is 1.66. The van der Waals surface area contributed by atoms with E-state index in [9.17, 15) is 22.8 Å². The average Bonchev–Trinajstić information content (AvgIpc) is 2.12. The largest absolute Gasteiger partial charge is 0.574 e. The minimum Gasteiger partial charge on any atom is -0.477 e. The zero-order chi connectivity index (χ0) is 13.2. The van der Waals surface area contributed by atoms with Crippen molar-refractivity contribution in [1.82, 2.24) is 4.98 Å². The van der Waals surface area contributed by atoms with E-state index in [2.05, 4.69) is 25.7 Å². The summed E-state index contributed by atoms with van der Waals surface area (Å²) in [5.74, 6) is -2.39. The standard InChI is InChI=1S/C8H5BrF3NO4/c9-2-3-6(7(15)16)4(14)1-5(13-3)17-8(10,11)12/h1H,2H2,(H,13,14)(H,15,16). The minimum absolute atomic E-state index is 0.126. The van der Waals surface area contributed by atoms with E-state index in [0.717, 1.165) is 0 Å². The Hall–Kier alpha value is -1.51. The maximum Gasteiger partial charge on any atom is 0.574 e. The van der Waals surface area contributed by atoms with Gasteiger partial charge in [0.05, 0.1) is 0 Å². The molecule has 0 atom stereocenters. The topological polar surface area (TPSA) is 79.4 Å². The second-order valence-corrected chi connectivity index (χ2v) is 3.40. The van der Waals surface area contributed by atoms with E-state index < -0.39 is 29.2 Å². The van der Waals surface area contributed by atoms with Gasteiger partial charge in [-0.15, -0.1) is 13.2 Å². The molecule has 0 aliphatic heterocycles. The molecule has 0 amide bonds. The number of halogens is 4. The smallest absolute Gasteiger partial charge is 0.477 e. The van der Waals surface area contributed by atoms with Gasteiger partial charge < -0.3 is 14.8 Å². The maximum absolute atomic E-state index is 11.9. The van der Waals surface area contributed by atoms with Crippen LogP contribution in [0.3, 0.4) is 0 Å². The van der Waals surface area contributed by atoms with Crippen molar-refractivity contribution in [3.63, 3.8) is 0 Å². The number of alkyl halides is 4. The second-order valence-electron chi connectivity index (χ2n) is 2.84. The average molecular weight is 316 g/mol. The molecule has 0 aliphatic carbocycles. The van der Waals surface area contributed by atoms with E-state index >= 15 is 0 Å². The highest BCUT2D eigenvalue weighted by molar-refractivity contribution is 9.08. The highest BCUT2D eigenvalue weighted by atomic mass is 79.9. The Morgan fingerprint density at radius 1 is 1.53 bits per heavy atom. The van der Waals surface area contributed by atoms with Gasteiger partial charge in [-0.3, -0.25) is 4.79 Å². The lowest BCUT2D eigenvalue weighted by Gasteiger charge is -2.10. The number of aromatic carboxylic acids is 1. The summed E-state index contributed by atoms with van der Waals surface area (Å²) in [6, 6.07) is 0.434. The number of hydrogen-bond donors (Lipinski definition) is 2. The molecule has 0 radical (unpaired) electrons. The van der Waals surface area contributed by atoms with Crippen LogP contribution in [-0.4, -0.2) is 22.4 Å². The summed E-state index contributed by atoms with van der Waals surface area (Å²) in [6.45, 7) is 0. The van der Waals surface area contributed by atoms with Crippen molar-refractivity contribution in [2.75, 3.05) is 0 Å². The van der Waals surface area contributed by atoms with Crippen LogP contribution in [-0.2, 0) is 5.33 Å². The monoisotopic (exact) mass is 315 g/mol. The van der Waals surface area contributed by atoms with Crippen molar-refractivity contribution in [3.8, 4) is 5.88 Å². The summed E-state index contributed by atoms with van der Waals surface area (Å²) in [6.07, 6.45) is -4.96. The van der Waals surface area contributed by atoms with E-state index in [0.29, 0.717) is 6.07 Å². The Labute approximate surface area is 100 Å². The van der Waals surface area contributed by atoms with Gasteiger partial charge in [-0.2, -0.15) is 0 Å². The first-order valence-electron chi connectivity index (χ1n) is 4.06. The number of rotatable bonds is 3. The van der Waals surface area contributed by atoms with Gasteiger partial charge in [0.1, 0.15) is 5.56 Å². The minimum atomic E-state index is -4.96. The first kappa shape index (κ1) is 13.6. The number of aromatic nitrogens is 1. The molecule has 1 heterocycles. The number of hydrogen-bond acceptors (Lipinski definition) is 3. The lowest BCUT2D eigenvalue weighted by atomic mass is 10.2. The third kappa shape index (κ3) is 3.48. The lowest BCUT2D eigenvalue weighted by Crippen LogP contribution is -2.23. The molecule has 94 valence electrons. The van der Waals surface area contributed by atoms with Crippen molar-refractivity contribution in [2.24, 2.45) is 0 Å². The Morgan fingerprint density at radius 3 is 2.53 bits per heavy atom. The number of nitrogens with one attached hydrogen (secondary N) is 1. The van der Waals surface area contributed by atoms with Crippen LogP contribution < -0.4 is 10.2 Å². The number of carboxylic acids is 1. The first-order valence-corrected chi connectivity index (χ1v) is 5.18. The molecule has 0 saturated heterocycles. The van der Waals surface area contributed by atoms with Crippen molar-refractivity contribution >= 4 is 21.9 Å². The molecule has 9 heteroatoms. The molecule has 2 N–H and O–H groups in total. The van der Waals surface area contributed by atoms with Crippen LogP contribution in [0.4, 0.5) is 13.2 Å². The number of carboxylic acid groups (broad SMARTS) is 1. The SMILES string of the molecule is O=C(O)c1c(CBr)[nH]c(OC(F)(F)F)cc1=O. The molecule has 1 aromatic heterocycles. The quantitative estimate of drug-likeness (QED) is 0.834. The Kier molecular flexibility index (Phi) is 3.81. The molecule has 1 rings (SSSR count). The maximum atomic E-state index is 11.9. The Bertz CT molecular complexity index is 497. The normalized spacial score (nSPS) is 11.3. The van der Waals surface area contributed by atoms with Crippen LogP contribution in [0.1, 0.15) is 16.1 Å². The van der Waals surface area contributed by atoms with Gasteiger partial charge in [0, 0.05) is 17.1 Å². The zero-order valence-corrected chi connectivity index (χ0v) is 9.55. The number of carbonyl (C=O) groups is 1. The van der Waals surface area contributed by atoms with E-state index in [1.165, 1.54) is 0 Å². The fourth-order valence-corrected chi connectivity index (χ4v) is 1.52. The van der Waals surface area contributed by atoms with E-state index in [1.54, 1.807) is 0 Å². The summed E-state index contributed by atoms with van der Waals surface area (Å²) < 4.78 is 39.2. The van der Waals surface area contributed by atoms with E-state index in [-0.39, 0.29) is 11.0 Å². The van der Waals surface area contributed by atoms with Crippen LogP contribution in [0.5, 0.6) is 5.88 Å². The van der Waals surface area contributed by atoms with Crippen molar-refractivity contribution in [1.29, 1.82) is 0 Å². The molecule has 0 aromatic carbocycles. The highest BCUT2D eigenvalue weighted by Gasteiger charge is 2.32. The lowest BCUT2D eigenvalue weighted by molar-refractivity contribution is -0.276. The Morgan fingerprint density at radius 2 is 2.12 bits per heavy atom. The molecule has 0 bridgehead atoms. The Balaban J connectivity index is 3.28.